The van der Waals surface area contributed by atoms with Crippen LogP contribution < -0.4 is 10.6 Å². The molecule has 0 saturated carbocycles. The largest absolute Gasteiger partial charge is 0.368 e. The maximum absolute atomic E-state index is 12.8. The molecule has 0 bridgehead atoms. The summed E-state index contributed by atoms with van der Waals surface area (Å²) in [5.41, 5.74) is 6.48. The molecule has 1 aromatic carbocycles. The van der Waals surface area contributed by atoms with Gasteiger partial charge in [-0.1, -0.05) is 0 Å². The van der Waals surface area contributed by atoms with Crippen LogP contribution in [0.4, 0.5) is 10.5 Å². The Hall–Kier alpha value is -2.57. The summed E-state index contributed by atoms with van der Waals surface area (Å²) >= 11 is 0. The molecule has 3 aliphatic rings. The van der Waals surface area contributed by atoms with E-state index in [0.29, 0.717) is 6.54 Å². The summed E-state index contributed by atoms with van der Waals surface area (Å²) in [6.45, 7) is 2.58. The maximum Gasteiger partial charge on any atom is 0.325 e. The number of fused-ring (bicyclic) bond motifs is 1. The van der Waals surface area contributed by atoms with Crippen molar-refractivity contribution in [1.29, 1.82) is 0 Å². The second-order valence-corrected chi connectivity index (χ2v) is 6.83. The lowest BCUT2D eigenvalue weighted by Crippen LogP contribution is -2.59. The number of piperidine rings is 1. The number of carbonyl (C=O) groups is 2. The third kappa shape index (κ3) is 2.37. The van der Waals surface area contributed by atoms with Crippen molar-refractivity contribution in [2.75, 3.05) is 38.1 Å². The lowest BCUT2D eigenvalue weighted by Gasteiger charge is -2.37. The van der Waals surface area contributed by atoms with E-state index in [4.69, 9.17) is 5.73 Å². The van der Waals surface area contributed by atoms with Crippen molar-refractivity contribution in [3.63, 3.8) is 0 Å². The lowest BCUT2D eigenvalue weighted by molar-refractivity contribution is -0.126. The monoisotopic (exact) mass is 340 g/mol. The maximum atomic E-state index is 12.8. The Morgan fingerprint density at radius 2 is 2.00 bits per heavy atom. The lowest BCUT2D eigenvalue weighted by atomic mass is 9.87. The molecular weight excluding hydrogens is 318 g/mol. The standard InChI is InChI=1S/C18H22N5O2/c1-21-11-9-20-15(21)13-4-6-14(7-5-13)22-12-18(16(19)24)8-2-3-10-23(18)17(22)25/h4-8H,2-3,9-12H2,1H3,(H2,19,24)/t18-/m1/s1. The summed E-state index contributed by atoms with van der Waals surface area (Å²) in [4.78, 5) is 34.8. The number of hydrogen-bond acceptors (Lipinski definition) is 4. The number of primary amides is 1. The van der Waals surface area contributed by atoms with E-state index in [1.807, 2.05) is 37.7 Å². The van der Waals surface area contributed by atoms with Crippen molar-refractivity contribution in [2.45, 2.75) is 18.4 Å². The minimum absolute atomic E-state index is 0.155. The van der Waals surface area contributed by atoms with Crippen LogP contribution in [0.25, 0.3) is 0 Å². The molecule has 4 rings (SSSR count). The second-order valence-electron chi connectivity index (χ2n) is 6.83. The minimum Gasteiger partial charge on any atom is -0.368 e. The van der Waals surface area contributed by atoms with Crippen LogP contribution in [0.3, 0.4) is 0 Å². The normalized spacial score (nSPS) is 26.0. The van der Waals surface area contributed by atoms with E-state index < -0.39 is 11.4 Å². The van der Waals surface area contributed by atoms with Crippen molar-refractivity contribution in [3.8, 4) is 0 Å². The molecule has 2 N–H and O–H groups in total. The zero-order chi connectivity index (χ0) is 17.6. The number of hydrogen-bond donors (Lipinski definition) is 1. The quantitative estimate of drug-likeness (QED) is 0.885. The number of benzene rings is 1. The van der Waals surface area contributed by atoms with Crippen LogP contribution in [0.1, 0.15) is 18.4 Å². The van der Waals surface area contributed by atoms with Crippen molar-refractivity contribution >= 4 is 23.5 Å². The zero-order valence-corrected chi connectivity index (χ0v) is 14.3. The average Bonchev–Trinajstić information content (AvgIpc) is 3.18. The Balaban J connectivity index is 1.62. The van der Waals surface area contributed by atoms with Crippen LogP contribution >= 0.6 is 0 Å². The molecule has 0 aliphatic carbocycles. The summed E-state index contributed by atoms with van der Waals surface area (Å²) in [5.74, 6) is 0.514. The third-order valence-electron chi connectivity index (χ3n) is 5.33. The predicted octanol–water partition coefficient (Wildman–Crippen LogP) is 0.843. The highest BCUT2D eigenvalue weighted by atomic mass is 16.2. The fourth-order valence-corrected chi connectivity index (χ4v) is 3.92. The van der Waals surface area contributed by atoms with E-state index in [1.165, 1.54) is 0 Å². The first-order valence-electron chi connectivity index (χ1n) is 8.62. The Morgan fingerprint density at radius 1 is 1.24 bits per heavy atom. The van der Waals surface area contributed by atoms with Gasteiger partial charge in [0.05, 0.1) is 13.1 Å². The molecule has 1 radical (unpaired) electrons. The Bertz CT molecular complexity index is 744. The number of nitrogens with two attached hydrogens (primary N) is 1. The Kier molecular flexibility index (Phi) is 3.67. The molecule has 3 amide bonds. The fourth-order valence-electron chi connectivity index (χ4n) is 3.92. The number of amidine groups is 1. The van der Waals surface area contributed by atoms with Gasteiger partial charge < -0.3 is 15.5 Å². The number of anilines is 1. The molecule has 7 nitrogen and oxygen atoms in total. The molecule has 25 heavy (non-hydrogen) atoms. The molecule has 1 atom stereocenters. The third-order valence-corrected chi connectivity index (χ3v) is 5.33. The summed E-state index contributed by atoms with van der Waals surface area (Å²) in [5, 5.41) is 0. The van der Waals surface area contributed by atoms with Gasteiger partial charge in [-0.05, 0) is 43.5 Å². The van der Waals surface area contributed by atoms with Crippen LogP contribution in [0, 0.1) is 6.42 Å². The molecule has 0 spiro atoms. The summed E-state index contributed by atoms with van der Waals surface area (Å²) in [6, 6.07) is 7.62. The van der Waals surface area contributed by atoms with Gasteiger partial charge in [-0.15, -0.1) is 0 Å². The average molecular weight is 340 g/mol. The first kappa shape index (κ1) is 15.9. The van der Waals surface area contributed by atoms with Gasteiger partial charge in [0.15, 0.2) is 0 Å². The fraction of sp³-hybridized carbons (Fsp3) is 0.444. The van der Waals surface area contributed by atoms with E-state index in [1.54, 1.807) is 9.80 Å². The molecule has 0 aromatic heterocycles. The zero-order valence-electron chi connectivity index (χ0n) is 14.3. The van der Waals surface area contributed by atoms with Crippen LogP contribution in [0.5, 0.6) is 0 Å². The Labute approximate surface area is 147 Å². The number of amides is 3. The van der Waals surface area contributed by atoms with Gasteiger partial charge in [0, 0.05) is 31.4 Å². The first-order chi connectivity index (χ1) is 12.0. The second kappa shape index (κ2) is 5.75. The van der Waals surface area contributed by atoms with Crippen molar-refractivity contribution < 1.29 is 9.59 Å². The van der Waals surface area contributed by atoms with Crippen molar-refractivity contribution in [3.05, 3.63) is 36.2 Å². The van der Waals surface area contributed by atoms with Gasteiger partial charge >= 0.3 is 6.03 Å². The van der Waals surface area contributed by atoms with Gasteiger partial charge in [0.1, 0.15) is 11.4 Å². The van der Waals surface area contributed by atoms with Gasteiger partial charge in [-0.3, -0.25) is 14.7 Å². The molecule has 131 valence electrons. The number of carbonyl (C=O) groups excluding carboxylic acids is 2. The van der Waals surface area contributed by atoms with E-state index in [9.17, 15) is 9.59 Å². The van der Waals surface area contributed by atoms with Crippen LogP contribution in [-0.2, 0) is 4.79 Å². The molecule has 2 fully saturated rings. The number of likely N-dealkylation sites (N-methyl/N-ethyl adjacent to an activating group) is 1. The highest BCUT2D eigenvalue weighted by Crippen LogP contribution is 2.37. The van der Waals surface area contributed by atoms with Crippen molar-refractivity contribution in [2.24, 2.45) is 10.7 Å². The topological polar surface area (TPSA) is 82.2 Å². The van der Waals surface area contributed by atoms with Gasteiger partial charge in [-0.25, -0.2) is 4.79 Å². The SMILES string of the molecule is CN1CCN=C1c1ccc(N2C[C@@]3(C(N)=O)[CH]CCCN3C2=O)cc1. The van der Waals surface area contributed by atoms with E-state index in [-0.39, 0.29) is 12.6 Å². The molecule has 3 aliphatic heterocycles. The summed E-state index contributed by atoms with van der Waals surface area (Å²) in [6.07, 6.45) is 3.55. The highest BCUT2D eigenvalue weighted by molar-refractivity contribution is 6.04. The summed E-state index contributed by atoms with van der Waals surface area (Å²) in [7, 11) is 2.02. The first-order valence-corrected chi connectivity index (χ1v) is 8.62. The Morgan fingerprint density at radius 3 is 2.60 bits per heavy atom. The smallest absolute Gasteiger partial charge is 0.325 e. The van der Waals surface area contributed by atoms with E-state index in [0.717, 1.165) is 43.0 Å². The molecule has 0 unspecified atom stereocenters. The molecule has 2 saturated heterocycles. The van der Waals surface area contributed by atoms with Gasteiger partial charge in [0.25, 0.3) is 0 Å². The minimum atomic E-state index is -0.982. The number of nitrogens with zero attached hydrogens (tertiary/aromatic N) is 4. The van der Waals surface area contributed by atoms with Crippen LogP contribution in [0.2, 0.25) is 0 Å². The molecular formula is C18H22N5O2. The van der Waals surface area contributed by atoms with Crippen molar-refractivity contribution in [1.82, 2.24) is 9.80 Å². The summed E-state index contributed by atoms with van der Waals surface area (Å²) < 4.78 is 0. The predicted molar refractivity (Wildman–Crippen MR) is 95.4 cm³/mol. The number of aliphatic imine (C=N–C) groups is 1. The van der Waals surface area contributed by atoms with Crippen LogP contribution in [0.15, 0.2) is 29.3 Å². The molecule has 1 aromatic rings. The number of rotatable bonds is 3. The molecule has 3 heterocycles. The van der Waals surface area contributed by atoms with E-state index in [2.05, 4.69) is 9.89 Å². The van der Waals surface area contributed by atoms with E-state index >= 15 is 0 Å². The van der Waals surface area contributed by atoms with Crippen LogP contribution in [-0.4, -0.2) is 66.3 Å². The number of urea groups is 1. The van der Waals surface area contributed by atoms with Gasteiger partial charge in [-0.2, -0.15) is 0 Å². The van der Waals surface area contributed by atoms with Gasteiger partial charge in [0.2, 0.25) is 5.91 Å². The highest BCUT2D eigenvalue weighted by Gasteiger charge is 2.55. The molecule has 7 heteroatoms.